The standard InChI is InChI=1S/C18H15N3O4/c1-10-6-7-12-11(8-10)16(18(23)19-12)20-21-17(22)15-9-24-13-4-2-3-5-14(13)25-15/h2-8,15,19,23H,9H2,1H3/t15-/m0/s1. The zero-order chi connectivity index (χ0) is 17.4. The number of aromatic hydroxyl groups is 1. The summed E-state index contributed by atoms with van der Waals surface area (Å²) < 4.78 is 11.1. The van der Waals surface area contributed by atoms with Gasteiger partial charge in [-0.3, -0.25) is 4.79 Å². The van der Waals surface area contributed by atoms with Crippen molar-refractivity contribution in [1.29, 1.82) is 0 Å². The third-order valence-corrected chi connectivity index (χ3v) is 3.94. The molecule has 4 rings (SSSR count). The van der Waals surface area contributed by atoms with Crippen molar-refractivity contribution in [3.05, 3.63) is 48.0 Å². The molecule has 3 aromatic rings. The molecule has 0 spiro atoms. The van der Waals surface area contributed by atoms with Gasteiger partial charge in [0.2, 0.25) is 12.0 Å². The Balaban J connectivity index is 1.57. The van der Waals surface area contributed by atoms with Gasteiger partial charge in [0, 0.05) is 5.39 Å². The molecule has 0 saturated carbocycles. The number of ether oxygens (including phenoxy) is 2. The van der Waals surface area contributed by atoms with E-state index in [1.165, 1.54) is 0 Å². The Kier molecular flexibility index (Phi) is 3.61. The molecule has 0 bridgehead atoms. The average molecular weight is 337 g/mol. The number of aromatic nitrogens is 1. The number of hydrogen-bond donors (Lipinski definition) is 2. The maximum Gasteiger partial charge on any atom is 0.308 e. The summed E-state index contributed by atoms with van der Waals surface area (Å²) in [7, 11) is 0. The summed E-state index contributed by atoms with van der Waals surface area (Å²) in [6.45, 7) is 1.99. The Hall–Kier alpha value is -3.35. The highest BCUT2D eigenvalue weighted by Gasteiger charge is 2.27. The lowest BCUT2D eigenvalue weighted by Crippen LogP contribution is -2.35. The van der Waals surface area contributed by atoms with E-state index in [2.05, 4.69) is 15.2 Å². The number of nitrogens with zero attached hydrogens (tertiary/aromatic N) is 2. The van der Waals surface area contributed by atoms with E-state index < -0.39 is 12.0 Å². The number of nitrogens with one attached hydrogen (secondary N) is 1. The monoisotopic (exact) mass is 337 g/mol. The number of amides is 1. The summed E-state index contributed by atoms with van der Waals surface area (Å²) in [5, 5.41) is 18.3. The van der Waals surface area contributed by atoms with Crippen LogP contribution in [0.5, 0.6) is 17.4 Å². The van der Waals surface area contributed by atoms with Crippen LogP contribution in [-0.4, -0.2) is 28.7 Å². The van der Waals surface area contributed by atoms with Gasteiger partial charge in [-0.25, -0.2) is 0 Å². The van der Waals surface area contributed by atoms with Crippen LogP contribution in [-0.2, 0) is 4.79 Å². The van der Waals surface area contributed by atoms with Gasteiger partial charge in [0.25, 0.3) is 0 Å². The number of carbonyl (C=O) groups excluding carboxylic acids is 1. The lowest BCUT2D eigenvalue weighted by atomic mass is 10.2. The summed E-state index contributed by atoms with van der Waals surface area (Å²) in [5.74, 6) is 0.375. The van der Waals surface area contributed by atoms with Crippen molar-refractivity contribution in [3.63, 3.8) is 0 Å². The second kappa shape index (κ2) is 5.94. The number of rotatable bonds is 2. The summed E-state index contributed by atoms with van der Waals surface area (Å²) in [6.07, 6.45) is -0.868. The average Bonchev–Trinajstić information content (AvgIpc) is 2.93. The van der Waals surface area contributed by atoms with Crippen molar-refractivity contribution < 1.29 is 19.4 Å². The first-order valence-corrected chi connectivity index (χ1v) is 7.77. The maximum atomic E-state index is 12.3. The number of aryl methyl sites for hydroxylation is 1. The third kappa shape index (κ3) is 2.80. The summed E-state index contributed by atoms with van der Waals surface area (Å²) >= 11 is 0. The Bertz CT molecular complexity index is 993. The van der Waals surface area contributed by atoms with E-state index in [4.69, 9.17) is 9.47 Å². The van der Waals surface area contributed by atoms with Crippen LogP contribution in [0.3, 0.4) is 0 Å². The molecule has 2 aromatic carbocycles. The van der Waals surface area contributed by atoms with Crippen LogP contribution in [0.1, 0.15) is 5.56 Å². The van der Waals surface area contributed by atoms with Gasteiger partial charge in [-0.1, -0.05) is 23.8 Å². The molecule has 126 valence electrons. The SMILES string of the molecule is Cc1ccc2[nH]c(O)c(N=NC(=O)[C@@H]3COc4ccccc4O3)c2c1. The van der Waals surface area contributed by atoms with E-state index in [-0.39, 0.29) is 18.2 Å². The molecule has 25 heavy (non-hydrogen) atoms. The predicted molar refractivity (Wildman–Crippen MR) is 90.6 cm³/mol. The van der Waals surface area contributed by atoms with Crippen molar-refractivity contribution in [2.24, 2.45) is 10.2 Å². The number of benzene rings is 2. The first-order valence-electron chi connectivity index (χ1n) is 7.77. The fourth-order valence-electron chi connectivity index (χ4n) is 2.68. The van der Waals surface area contributed by atoms with Crippen molar-refractivity contribution >= 4 is 22.5 Å². The van der Waals surface area contributed by atoms with E-state index in [0.717, 1.165) is 11.1 Å². The minimum atomic E-state index is -0.868. The number of aromatic amines is 1. The molecule has 0 saturated heterocycles. The van der Waals surface area contributed by atoms with Gasteiger partial charge in [0.1, 0.15) is 6.61 Å². The van der Waals surface area contributed by atoms with E-state index in [9.17, 15) is 9.90 Å². The highest BCUT2D eigenvalue weighted by atomic mass is 16.6. The molecule has 1 aliphatic heterocycles. The van der Waals surface area contributed by atoms with E-state index in [1.54, 1.807) is 18.2 Å². The van der Waals surface area contributed by atoms with Gasteiger partial charge in [-0.15, -0.1) is 10.2 Å². The Labute approximate surface area is 142 Å². The number of H-pyrrole nitrogens is 1. The molecule has 7 nitrogen and oxygen atoms in total. The van der Waals surface area contributed by atoms with Crippen LogP contribution >= 0.6 is 0 Å². The summed E-state index contributed by atoms with van der Waals surface area (Å²) in [4.78, 5) is 15.1. The zero-order valence-electron chi connectivity index (χ0n) is 13.4. The fraction of sp³-hybridized carbons (Fsp3) is 0.167. The minimum Gasteiger partial charge on any atom is -0.493 e. The van der Waals surface area contributed by atoms with E-state index in [1.807, 2.05) is 31.2 Å². The van der Waals surface area contributed by atoms with Gasteiger partial charge in [-0.05, 0) is 31.2 Å². The van der Waals surface area contributed by atoms with Crippen molar-refractivity contribution in [2.45, 2.75) is 13.0 Å². The highest BCUT2D eigenvalue weighted by Crippen LogP contribution is 2.36. The van der Waals surface area contributed by atoms with Gasteiger partial charge in [0.05, 0.1) is 5.52 Å². The molecule has 0 aliphatic carbocycles. The second-order valence-electron chi connectivity index (χ2n) is 5.77. The molecule has 1 atom stereocenters. The van der Waals surface area contributed by atoms with Gasteiger partial charge < -0.3 is 19.6 Å². The highest BCUT2D eigenvalue weighted by molar-refractivity contribution is 5.95. The van der Waals surface area contributed by atoms with Crippen LogP contribution in [0, 0.1) is 6.92 Å². The quantitative estimate of drug-likeness (QED) is 0.698. The van der Waals surface area contributed by atoms with Crippen LogP contribution in [0.2, 0.25) is 0 Å². The Morgan fingerprint density at radius 1 is 1.24 bits per heavy atom. The van der Waals surface area contributed by atoms with E-state index >= 15 is 0 Å². The predicted octanol–water partition coefficient (Wildman–Crippen LogP) is 3.63. The number of azo groups is 1. The number of para-hydroxylation sites is 2. The Morgan fingerprint density at radius 2 is 2.04 bits per heavy atom. The van der Waals surface area contributed by atoms with Crippen LogP contribution in [0.15, 0.2) is 52.7 Å². The molecule has 0 radical (unpaired) electrons. The van der Waals surface area contributed by atoms with Gasteiger partial charge in [0.15, 0.2) is 17.2 Å². The van der Waals surface area contributed by atoms with Crippen molar-refractivity contribution in [2.75, 3.05) is 6.61 Å². The molecule has 0 fully saturated rings. The molecule has 1 amide bonds. The third-order valence-electron chi connectivity index (χ3n) is 3.94. The lowest BCUT2D eigenvalue weighted by molar-refractivity contribution is -0.127. The topological polar surface area (TPSA) is 96.3 Å². The zero-order valence-corrected chi connectivity index (χ0v) is 13.4. The molecular weight excluding hydrogens is 322 g/mol. The largest absolute Gasteiger partial charge is 0.493 e. The first-order chi connectivity index (χ1) is 12.1. The lowest BCUT2D eigenvalue weighted by Gasteiger charge is -2.23. The number of hydrogen-bond acceptors (Lipinski definition) is 5. The first kappa shape index (κ1) is 15.2. The normalized spacial score (nSPS) is 16.4. The van der Waals surface area contributed by atoms with Crippen LogP contribution in [0.25, 0.3) is 10.9 Å². The van der Waals surface area contributed by atoms with Crippen molar-refractivity contribution in [3.8, 4) is 17.4 Å². The van der Waals surface area contributed by atoms with Crippen LogP contribution < -0.4 is 9.47 Å². The van der Waals surface area contributed by atoms with E-state index in [0.29, 0.717) is 16.9 Å². The van der Waals surface area contributed by atoms with Crippen molar-refractivity contribution in [1.82, 2.24) is 4.98 Å². The molecule has 1 aromatic heterocycles. The fourth-order valence-corrected chi connectivity index (χ4v) is 2.68. The second-order valence-corrected chi connectivity index (χ2v) is 5.77. The molecule has 2 N–H and O–H groups in total. The maximum absolute atomic E-state index is 12.3. The molecule has 2 heterocycles. The smallest absolute Gasteiger partial charge is 0.308 e. The van der Waals surface area contributed by atoms with Crippen LogP contribution in [0.4, 0.5) is 5.69 Å². The van der Waals surface area contributed by atoms with Gasteiger partial charge >= 0.3 is 5.91 Å². The number of carbonyl (C=O) groups is 1. The molecule has 7 heteroatoms. The van der Waals surface area contributed by atoms with Gasteiger partial charge in [-0.2, -0.15) is 0 Å². The summed E-state index contributed by atoms with van der Waals surface area (Å²) in [6, 6.07) is 12.7. The number of fused-ring (bicyclic) bond motifs is 2. The minimum absolute atomic E-state index is 0.0633. The summed E-state index contributed by atoms with van der Waals surface area (Å²) in [5.41, 5.74) is 1.95. The molecule has 1 aliphatic rings. The molecule has 0 unspecified atom stereocenters. The Morgan fingerprint density at radius 3 is 2.88 bits per heavy atom. The molecular formula is C18H15N3O4.